The number of hydrogen-bond acceptors (Lipinski definition) is 6. The molecule has 0 radical (unpaired) electrons. The number of carbonyl (C=O) groups is 2. The van der Waals surface area contributed by atoms with Crippen LogP contribution in [0.2, 0.25) is 0 Å². The molecule has 2 heterocycles. The number of aryl methyl sites for hydroxylation is 1. The molecule has 26 heavy (non-hydrogen) atoms. The van der Waals surface area contributed by atoms with Crippen molar-refractivity contribution in [2.45, 2.75) is 30.6 Å². The van der Waals surface area contributed by atoms with Crippen molar-refractivity contribution in [3.63, 3.8) is 0 Å². The lowest BCUT2D eigenvalue weighted by Crippen LogP contribution is -2.42. The third kappa shape index (κ3) is 3.80. The van der Waals surface area contributed by atoms with E-state index >= 15 is 0 Å². The standard InChI is InChI=1S/C16H19N3O5S2/c1-18-12-7-6-11(9-13(12)25-16(18)22)26(23,24)17-14(20)10-19-8-4-2-3-5-15(19)21/h6-7,9H,2-5,8,10H2,1H3,(H,17,20). The summed E-state index contributed by atoms with van der Waals surface area (Å²) in [6, 6.07) is 4.25. The molecule has 0 unspecified atom stereocenters. The van der Waals surface area contributed by atoms with Crippen molar-refractivity contribution in [3.05, 3.63) is 27.9 Å². The third-order valence-corrected chi connectivity index (χ3v) is 6.69. The van der Waals surface area contributed by atoms with Crippen LogP contribution in [0.15, 0.2) is 27.9 Å². The Balaban J connectivity index is 1.76. The molecule has 2 aromatic rings. The fourth-order valence-electron chi connectivity index (χ4n) is 2.90. The fourth-order valence-corrected chi connectivity index (χ4v) is 4.90. The largest absolute Gasteiger partial charge is 0.333 e. The summed E-state index contributed by atoms with van der Waals surface area (Å²) in [6.45, 7) is 0.176. The minimum Gasteiger partial charge on any atom is -0.333 e. The van der Waals surface area contributed by atoms with Crippen LogP contribution in [-0.4, -0.2) is 42.8 Å². The summed E-state index contributed by atoms with van der Waals surface area (Å²) >= 11 is 0.936. The molecule has 0 saturated carbocycles. The monoisotopic (exact) mass is 397 g/mol. The number of fused-ring (bicyclic) bond motifs is 1. The molecule has 1 aliphatic rings. The first-order valence-electron chi connectivity index (χ1n) is 8.21. The summed E-state index contributed by atoms with van der Waals surface area (Å²) < 4.78 is 28.9. The number of amides is 2. The number of likely N-dealkylation sites (tertiary alicyclic amines) is 1. The molecule has 0 spiro atoms. The van der Waals surface area contributed by atoms with Crippen molar-refractivity contribution in [1.29, 1.82) is 0 Å². The fraction of sp³-hybridized carbons (Fsp3) is 0.438. The van der Waals surface area contributed by atoms with E-state index in [1.54, 1.807) is 7.05 Å². The predicted octanol–water partition coefficient (Wildman–Crippen LogP) is 0.807. The first-order chi connectivity index (χ1) is 12.3. The van der Waals surface area contributed by atoms with E-state index in [2.05, 4.69) is 0 Å². The number of carbonyl (C=O) groups excluding carboxylic acids is 2. The molecule has 8 nitrogen and oxygen atoms in total. The van der Waals surface area contributed by atoms with E-state index in [1.165, 1.54) is 27.7 Å². The molecule has 0 bridgehead atoms. The Morgan fingerprint density at radius 1 is 1.23 bits per heavy atom. The SMILES string of the molecule is Cn1c(=O)sc2cc(S(=O)(=O)NC(=O)CN3CCCCCC3=O)ccc21. The van der Waals surface area contributed by atoms with Crippen molar-refractivity contribution in [2.75, 3.05) is 13.1 Å². The summed E-state index contributed by atoms with van der Waals surface area (Å²) in [5.74, 6) is -0.882. The highest BCUT2D eigenvalue weighted by Crippen LogP contribution is 2.21. The summed E-state index contributed by atoms with van der Waals surface area (Å²) in [5, 5.41) is 0. The highest BCUT2D eigenvalue weighted by molar-refractivity contribution is 7.90. The second kappa shape index (κ2) is 7.20. The highest BCUT2D eigenvalue weighted by Gasteiger charge is 2.23. The quantitative estimate of drug-likeness (QED) is 0.822. The van der Waals surface area contributed by atoms with Gasteiger partial charge in [0.05, 0.1) is 15.1 Å². The maximum atomic E-state index is 12.5. The van der Waals surface area contributed by atoms with Gasteiger partial charge < -0.3 is 9.47 Å². The topological polar surface area (TPSA) is 106 Å². The van der Waals surface area contributed by atoms with E-state index in [-0.39, 0.29) is 22.2 Å². The van der Waals surface area contributed by atoms with Crippen LogP contribution in [0, 0.1) is 0 Å². The Morgan fingerprint density at radius 2 is 2.00 bits per heavy atom. The van der Waals surface area contributed by atoms with Gasteiger partial charge in [-0.05, 0) is 31.0 Å². The van der Waals surface area contributed by atoms with Gasteiger partial charge in [-0.2, -0.15) is 0 Å². The minimum absolute atomic E-state index is 0.0950. The number of benzene rings is 1. The second-order valence-corrected chi connectivity index (χ2v) is 8.89. The second-order valence-electron chi connectivity index (χ2n) is 6.21. The first-order valence-corrected chi connectivity index (χ1v) is 10.5. The number of hydrogen-bond donors (Lipinski definition) is 1. The van der Waals surface area contributed by atoms with Gasteiger partial charge in [0.2, 0.25) is 5.91 Å². The van der Waals surface area contributed by atoms with Crippen molar-refractivity contribution in [1.82, 2.24) is 14.2 Å². The van der Waals surface area contributed by atoms with Gasteiger partial charge in [-0.15, -0.1) is 0 Å². The molecule has 1 N–H and O–H groups in total. The maximum absolute atomic E-state index is 12.5. The zero-order chi connectivity index (χ0) is 18.9. The summed E-state index contributed by atoms with van der Waals surface area (Å²) in [4.78, 5) is 36.9. The average Bonchev–Trinajstić information content (AvgIpc) is 2.72. The van der Waals surface area contributed by atoms with E-state index < -0.39 is 15.9 Å². The molecule has 3 rings (SSSR count). The first kappa shape index (κ1) is 18.6. The molecule has 10 heteroatoms. The number of nitrogens with zero attached hydrogens (tertiary/aromatic N) is 2. The van der Waals surface area contributed by atoms with Crippen molar-refractivity contribution in [3.8, 4) is 0 Å². The number of thiazole rings is 1. The van der Waals surface area contributed by atoms with Crippen LogP contribution in [0.3, 0.4) is 0 Å². The van der Waals surface area contributed by atoms with Crippen LogP contribution < -0.4 is 9.60 Å². The lowest BCUT2D eigenvalue weighted by molar-refractivity contribution is -0.135. The molecule has 1 aromatic carbocycles. The van der Waals surface area contributed by atoms with Gasteiger partial charge in [-0.3, -0.25) is 14.4 Å². The molecule has 2 amide bonds. The Hall–Kier alpha value is -2.20. The maximum Gasteiger partial charge on any atom is 0.307 e. The van der Waals surface area contributed by atoms with E-state index in [0.29, 0.717) is 23.2 Å². The van der Waals surface area contributed by atoms with Gasteiger partial charge in [0.25, 0.3) is 15.9 Å². The smallest absolute Gasteiger partial charge is 0.307 e. The van der Waals surface area contributed by atoms with E-state index in [0.717, 1.165) is 30.6 Å². The Bertz CT molecular complexity index is 1020. The predicted molar refractivity (Wildman–Crippen MR) is 97.4 cm³/mol. The molecule has 0 atom stereocenters. The Labute approximate surface area is 154 Å². The molecule has 1 fully saturated rings. The van der Waals surface area contributed by atoms with Crippen LogP contribution in [0.5, 0.6) is 0 Å². The van der Waals surface area contributed by atoms with Gasteiger partial charge in [0.1, 0.15) is 6.54 Å². The molecule has 0 aliphatic carbocycles. The molecule has 1 saturated heterocycles. The number of nitrogens with one attached hydrogen (secondary N) is 1. The van der Waals surface area contributed by atoms with E-state index in [1.807, 2.05) is 4.72 Å². The molecular weight excluding hydrogens is 378 g/mol. The van der Waals surface area contributed by atoms with Gasteiger partial charge >= 0.3 is 4.87 Å². The van der Waals surface area contributed by atoms with Gasteiger partial charge in [0, 0.05) is 20.0 Å². The molecule has 1 aromatic heterocycles. The van der Waals surface area contributed by atoms with Crippen LogP contribution in [0.4, 0.5) is 0 Å². The lowest BCUT2D eigenvalue weighted by atomic mass is 10.2. The number of aromatic nitrogens is 1. The van der Waals surface area contributed by atoms with Crippen molar-refractivity contribution < 1.29 is 18.0 Å². The van der Waals surface area contributed by atoms with Crippen LogP contribution in [0.25, 0.3) is 10.2 Å². The summed E-state index contributed by atoms with van der Waals surface area (Å²) in [5.41, 5.74) is 0.625. The summed E-state index contributed by atoms with van der Waals surface area (Å²) in [6.07, 6.45) is 2.89. The molecular formula is C16H19N3O5S2. The van der Waals surface area contributed by atoms with Crippen LogP contribution in [-0.2, 0) is 26.7 Å². The lowest BCUT2D eigenvalue weighted by Gasteiger charge is -2.19. The summed E-state index contributed by atoms with van der Waals surface area (Å²) in [7, 11) is -2.47. The highest BCUT2D eigenvalue weighted by atomic mass is 32.2. The van der Waals surface area contributed by atoms with Crippen molar-refractivity contribution in [2.24, 2.45) is 7.05 Å². The Morgan fingerprint density at radius 3 is 2.77 bits per heavy atom. The van der Waals surface area contributed by atoms with E-state index in [4.69, 9.17) is 0 Å². The Kier molecular flexibility index (Phi) is 5.15. The normalized spacial score (nSPS) is 15.9. The van der Waals surface area contributed by atoms with Crippen LogP contribution in [0.1, 0.15) is 25.7 Å². The molecule has 1 aliphatic heterocycles. The number of sulfonamides is 1. The van der Waals surface area contributed by atoms with Crippen molar-refractivity contribution >= 4 is 43.4 Å². The minimum atomic E-state index is -4.07. The van der Waals surface area contributed by atoms with E-state index in [9.17, 15) is 22.8 Å². The zero-order valence-electron chi connectivity index (χ0n) is 14.2. The number of rotatable bonds is 4. The van der Waals surface area contributed by atoms with Gasteiger partial charge in [0.15, 0.2) is 0 Å². The average molecular weight is 397 g/mol. The van der Waals surface area contributed by atoms with Crippen LogP contribution >= 0.6 is 11.3 Å². The molecule has 140 valence electrons. The van der Waals surface area contributed by atoms with Gasteiger partial charge in [-0.1, -0.05) is 17.8 Å². The zero-order valence-corrected chi connectivity index (χ0v) is 15.9. The van der Waals surface area contributed by atoms with Gasteiger partial charge in [-0.25, -0.2) is 13.1 Å². The third-order valence-electron chi connectivity index (χ3n) is 4.33.